The molecule has 1 aliphatic carbocycles. The van der Waals surface area contributed by atoms with Gasteiger partial charge in [-0.1, -0.05) is 35.9 Å². The van der Waals surface area contributed by atoms with Crippen LogP contribution in [0.4, 0.5) is 0 Å². The minimum absolute atomic E-state index is 0.0537. The quantitative estimate of drug-likeness (QED) is 0.487. The van der Waals surface area contributed by atoms with Gasteiger partial charge in [-0.2, -0.15) is 0 Å². The number of ketones is 1. The fourth-order valence-electron chi connectivity index (χ4n) is 3.87. The molecule has 1 saturated carbocycles. The maximum Gasteiger partial charge on any atom is 0.329 e. The third-order valence-corrected chi connectivity index (χ3v) is 6.04. The molecule has 33 heavy (non-hydrogen) atoms. The standard InChI is InChI=1S/C26H26N2O5/c1-18-8-10-19(11-9-18)23(29)22-7-3-14-28(22)15-16-33-21-6-2-5-20(17-21)24(30)27-26(25(31)32)12-4-13-26/h2-3,5-11,14,17H,4,12-13,15-16H2,1H3,(H,27,30)(H,31,32). The SMILES string of the molecule is Cc1ccc(C(=O)c2cccn2CCOc2cccc(C(=O)NC3(C(=O)O)CCC3)c2)cc1. The van der Waals surface area contributed by atoms with Crippen molar-refractivity contribution in [3.63, 3.8) is 0 Å². The summed E-state index contributed by atoms with van der Waals surface area (Å²) in [6.07, 6.45) is 3.48. The number of hydrogen-bond donors (Lipinski definition) is 2. The van der Waals surface area contributed by atoms with Crippen LogP contribution in [0, 0.1) is 6.92 Å². The predicted molar refractivity (Wildman–Crippen MR) is 123 cm³/mol. The molecule has 1 amide bonds. The fourth-order valence-corrected chi connectivity index (χ4v) is 3.87. The van der Waals surface area contributed by atoms with E-state index in [9.17, 15) is 19.5 Å². The van der Waals surface area contributed by atoms with Gasteiger partial charge in [-0.3, -0.25) is 9.59 Å². The van der Waals surface area contributed by atoms with Gasteiger partial charge in [-0.15, -0.1) is 0 Å². The topological polar surface area (TPSA) is 97.6 Å². The Balaban J connectivity index is 1.37. The Hall–Kier alpha value is -3.87. The third-order valence-electron chi connectivity index (χ3n) is 6.04. The molecule has 1 fully saturated rings. The summed E-state index contributed by atoms with van der Waals surface area (Å²) < 4.78 is 7.66. The van der Waals surface area contributed by atoms with E-state index in [1.165, 1.54) is 0 Å². The van der Waals surface area contributed by atoms with E-state index in [0.29, 0.717) is 48.6 Å². The van der Waals surface area contributed by atoms with Gasteiger partial charge in [0, 0.05) is 17.3 Å². The summed E-state index contributed by atoms with van der Waals surface area (Å²) in [5, 5.41) is 12.1. The van der Waals surface area contributed by atoms with E-state index in [1.54, 1.807) is 30.3 Å². The van der Waals surface area contributed by atoms with Gasteiger partial charge in [0.2, 0.25) is 5.78 Å². The van der Waals surface area contributed by atoms with Crippen molar-refractivity contribution in [3.8, 4) is 5.75 Å². The lowest BCUT2D eigenvalue weighted by atomic mass is 9.76. The van der Waals surface area contributed by atoms with Crippen molar-refractivity contribution in [2.24, 2.45) is 0 Å². The van der Waals surface area contributed by atoms with Crippen LogP contribution in [0.5, 0.6) is 5.75 Å². The first kappa shape index (κ1) is 22.3. The van der Waals surface area contributed by atoms with Gasteiger partial charge >= 0.3 is 5.97 Å². The Labute approximate surface area is 192 Å². The summed E-state index contributed by atoms with van der Waals surface area (Å²) in [5.41, 5.74) is 1.48. The number of carbonyl (C=O) groups excluding carboxylic acids is 2. The Morgan fingerprint density at radius 3 is 2.45 bits per heavy atom. The molecule has 170 valence electrons. The number of aromatic nitrogens is 1. The molecule has 2 aromatic carbocycles. The van der Waals surface area contributed by atoms with Crippen LogP contribution in [0.15, 0.2) is 66.9 Å². The first-order valence-corrected chi connectivity index (χ1v) is 10.9. The van der Waals surface area contributed by atoms with E-state index < -0.39 is 17.4 Å². The minimum Gasteiger partial charge on any atom is -0.492 e. The zero-order valence-corrected chi connectivity index (χ0v) is 18.4. The summed E-state index contributed by atoms with van der Waals surface area (Å²) in [6, 6.07) is 17.7. The average Bonchev–Trinajstić information content (AvgIpc) is 3.24. The number of aliphatic carboxylic acids is 1. The largest absolute Gasteiger partial charge is 0.492 e. The summed E-state index contributed by atoms with van der Waals surface area (Å²) in [7, 11) is 0. The third kappa shape index (κ3) is 4.82. The van der Waals surface area contributed by atoms with Gasteiger partial charge in [0.1, 0.15) is 17.9 Å². The van der Waals surface area contributed by atoms with Gasteiger partial charge < -0.3 is 19.7 Å². The zero-order valence-electron chi connectivity index (χ0n) is 18.4. The second-order valence-electron chi connectivity index (χ2n) is 8.35. The molecule has 0 atom stereocenters. The number of benzene rings is 2. The van der Waals surface area contributed by atoms with Gasteiger partial charge in [0.05, 0.1) is 12.2 Å². The Morgan fingerprint density at radius 2 is 1.79 bits per heavy atom. The fraction of sp³-hybridized carbons (Fsp3) is 0.269. The van der Waals surface area contributed by atoms with Crippen LogP contribution in [-0.4, -0.2) is 39.5 Å². The molecule has 7 nitrogen and oxygen atoms in total. The molecular weight excluding hydrogens is 420 g/mol. The van der Waals surface area contributed by atoms with Crippen molar-refractivity contribution in [1.82, 2.24) is 9.88 Å². The van der Waals surface area contributed by atoms with Crippen molar-refractivity contribution in [1.29, 1.82) is 0 Å². The Bertz CT molecular complexity index is 1180. The van der Waals surface area contributed by atoms with E-state index in [2.05, 4.69) is 5.32 Å². The summed E-state index contributed by atoms with van der Waals surface area (Å²) in [4.78, 5) is 36.9. The molecule has 4 rings (SSSR count). The first-order chi connectivity index (χ1) is 15.9. The molecule has 2 N–H and O–H groups in total. The van der Waals surface area contributed by atoms with Crippen molar-refractivity contribution in [3.05, 3.63) is 89.2 Å². The van der Waals surface area contributed by atoms with Crippen molar-refractivity contribution in [2.45, 2.75) is 38.3 Å². The maximum absolute atomic E-state index is 12.8. The van der Waals surface area contributed by atoms with Crippen LogP contribution in [0.25, 0.3) is 0 Å². The molecule has 0 aliphatic heterocycles. The molecule has 0 radical (unpaired) electrons. The van der Waals surface area contributed by atoms with Crippen LogP contribution in [0.2, 0.25) is 0 Å². The summed E-state index contributed by atoms with van der Waals surface area (Å²) >= 11 is 0. The summed E-state index contributed by atoms with van der Waals surface area (Å²) in [5.74, 6) is -0.989. The number of amides is 1. The van der Waals surface area contributed by atoms with E-state index in [0.717, 1.165) is 12.0 Å². The maximum atomic E-state index is 12.8. The Morgan fingerprint density at radius 1 is 1.03 bits per heavy atom. The Kier molecular flexibility index (Phi) is 6.31. The lowest BCUT2D eigenvalue weighted by molar-refractivity contribution is -0.148. The molecule has 3 aromatic rings. The number of nitrogens with one attached hydrogen (secondary N) is 1. The number of carboxylic acid groups (broad SMARTS) is 1. The molecule has 7 heteroatoms. The van der Waals surface area contributed by atoms with Gasteiger partial charge in [-0.05, 0) is 56.5 Å². The lowest BCUT2D eigenvalue weighted by Crippen LogP contribution is -2.59. The molecule has 1 aliphatic rings. The molecule has 0 spiro atoms. The highest BCUT2D eigenvalue weighted by atomic mass is 16.5. The molecule has 0 bridgehead atoms. The number of carboxylic acids is 1. The average molecular weight is 447 g/mol. The lowest BCUT2D eigenvalue weighted by Gasteiger charge is -2.38. The van der Waals surface area contributed by atoms with Crippen molar-refractivity contribution >= 4 is 17.7 Å². The van der Waals surface area contributed by atoms with Gasteiger partial charge in [0.25, 0.3) is 5.91 Å². The van der Waals surface area contributed by atoms with Gasteiger partial charge in [-0.25, -0.2) is 4.79 Å². The van der Waals surface area contributed by atoms with Crippen LogP contribution in [0.3, 0.4) is 0 Å². The molecule has 0 unspecified atom stereocenters. The number of aryl methyl sites for hydroxylation is 1. The highest BCUT2D eigenvalue weighted by Crippen LogP contribution is 2.32. The number of ether oxygens (including phenoxy) is 1. The second-order valence-corrected chi connectivity index (χ2v) is 8.35. The smallest absolute Gasteiger partial charge is 0.329 e. The minimum atomic E-state index is -1.16. The van der Waals surface area contributed by atoms with E-state index in [-0.39, 0.29) is 5.78 Å². The normalized spacial score (nSPS) is 14.2. The van der Waals surface area contributed by atoms with Crippen molar-refractivity contribution < 1.29 is 24.2 Å². The number of carbonyl (C=O) groups is 3. The van der Waals surface area contributed by atoms with Crippen LogP contribution < -0.4 is 10.1 Å². The number of hydrogen-bond acceptors (Lipinski definition) is 4. The molecular formula is C26H26N2O5. The van der Waals surface area contributed by atoms with E-state index >= 15 is 0 Å². The second kappa shape index (κ2) is 9.32. The molecule has 1 heterocycles. The number of rotatable bonds is 9. The van der Waals surface area contributed by atoms with E-state index in [1.807, 2.05) is 48.0 Å². The predicted octanol–water partition coefficient (Wildman–Crippen LogP) is 3.84. The molecule has 1 aromatic heterocycles. The number of nitrogens with zero attached hydrogens (tertiary/aromatic N) is 1. The van der Waals surface area contributed by atoms with Gasteiger partial charge in [0.15, 0.2) is 0 Å². The highest BCUT2D eigenvalue weighted by molar-refractivity contribution is 6.08. The van der Waals surface area contributed by atoms with Crippen LogP contribution >= 0.6 is 0 Å². The zero-order chi connectivity index (χ0) is 23.4. The van der Waals surface area contributed by atoms with Crippen molar-refractivity contribution in [2.75, 3.05) is 6.61 Å². The first-order valence-electron chi connectivity index (χ1n) is 10.9. The van der Waals surface area contributed by atoms with E-state index in [4.69, 9.17) is 4.74 Å². The molecule has 0 saturated heterocycles. The highest BCUT2D eigenvalue weighted by Gasteiger charge is 2.45. The van der Waals surface area contributed by atoms with Crippen LogP contribution in [0.1, 0.15) is 51.2 Å². The monoisotopic (exact) mass is 446 g/mol. The summed E-state index contributed by atoms with van der Waals surface area (Å²) in [6.45, 7) is 2.73. The van der Waals surface area contributed by atoms with Crippen LogP contribution in [-0.2, 0) is 11.3 Å².